The van der Waals surface area contributed by atoms with E-state index in [1.165, 1.54) is 21.5 Å². The molecule has 0 spiro atoms. The van der Waals surface area contributed by atoms with Gasteiger partial charge >= 0.3 is 67.0 Å². The van der Waals surface area contributed by atoms with Crippen molar-refractivity contribution >= 4 is 24.8 Å². The summed E-state index contributed by atoms with van der Waals surface area (Å²) in [7, 11) is 0. The Balaban J connectivity index is 0.000000423. The average Bonchev–Trinajstić information content (AvgIpc) is 3.32. The minimum Gasteiger partial charge on any atom is -1.00 e. The molecule has 3 heteroatoms. The zero-order chi connectivity index (χ0) is 18.9. The second-order valence-corrected chi connectivity index (χ2v) is 8.51. The molecular weight excluding hydrogens is 462 g/mol. The van der Waals surface area contributed by atoms with Gasteiger partial charge in [0.2, 0.25) is 0 Å². The summed E-state index contributed by atoms with van der Waals surface area (Å²) < 4.78 is 1.69. The molecule has 0 aromatic heterocycles. The van der Waals surface area contributed by atoms with Crippen molar-refractivity contribution in [2.75, 3.05) is 0 Å². The Labute approximate surface area is 197 Å². The Morgan fingerprint density at radius 1 is 0.857 bits per heavy atom. The van der Waals surface area contributed by atoms with Crippen LogP contribution in [0.4, 0.5) is 0 Å². The molecule has 0 saturated heterocycles. The zero-order valence-corrected chi connectivity index (χ0v) is 21.0. The number of halogens is 2. The van der Waals surface area contributed by atoms with Crippen LogP contribution in [0.1, 0.15) is 34.1 Å². The van der Waals surface area contributed by atoms with E-state index >= 15 is 0 Å². The van der Waals surface area contributed by atoms with Gasteiger partial charge in [-0.25, -0.2) is 12.2 Å². The predicted octanol–water partition coefficient (Wildman–Crippen LogP) is 1.04. The maximum Gasteiger partial charge on any atom is -0.0771 e. The van der Waals surface area contributed by atoms with Crippen LogP contribution in [-0.4, -0.2) is 3.21 Å². The van der Waals surface area contributed by atoms with Gasteiger partial charge in [0, 0.05) is 0 Å². The molecule has 0 heterocycles. The van der Waals surface area contributed by atoms with E-state index in [0.717, 1.165) is 18.3 Å². The van der Waals surface area contributed by atoms with E-state index in [-0.39, 0.29) is 24.8 Å². The Kier molecular flexibility index (Phi) is 13.7. The van der Waals surface area contributed by atoms with Crippen LogP contribution in [-0.2, 0) is 24.2 Å². The van der Waals surface area contributed by atoms with Crippen molar-refractivity contribution in [2.24, 2.45) is 11.8 Å². The van der Waals surface area contributed by atoms with E-state index in [2.05, 4.69) is 94.4 Å². The molecule has 0 unspecified atom stereocenters. The Bertz CT molecular complexity index is 831. The summed E-state index contributed by atoms with van der Waals surface area (Å²) in [5.41, 5.74) is 0. The number of fused-ring (bicyclic) bond motifs is 3. The second-order valence-electron chi connectivity index (χ2n) is 7.09. The molecule has 0 atom stereocenters. The number of hydrogen-bond acceptors (Lipinski definition) is 0. The first kappa shape index (κ1) is 27.1. The molecule has 4 rings (SSSR count). The van der Waals surface area contributed by atoms with Crippen molar-refractivity contribution in [1.82, 2.24) is 0 Å². The van der Waals surface area contributed by atoms with Gasteiger partial charge in [-0.1, -0.05) is 36.4 Å². The molecule has 148 valence electrons. The second kappa shape index (κ2) is 14.2. The van der Waals surface area contributed by atoms with Gasteiger partial charge in [0.05, 0.1) is 0 Å². The summed E-state index contributed by atoms with van der Waals surface area (Å²) in [6.45, 7) is 9.07. The quantitative estimate of drug-likeness (QED) is 0.471. The van der Waals surface area contributed by atoms with E-state index < -0.39 is 0 Å². The first-order chi connectivity index (χ1) is 12.5. The van der Waals surface area contributed by atoms with E-state index in [4.69, 9.17) is 0 Å². The molecular formula is C25H28Cl2Zr-2. The topological polar surface area (TPSA) is 0 Å². The fourth-order valence-corrected chi connectivity index (χ4v) is 2.91. The Hall–Kier alpha value is -0.877. The molecule has 0 amide bonds. The molecule has 3 aromatic rings. The third-order valence-corrected chi connectivity index (χ3v) is 7.19. The normalized spacial score (nSPS) is 11.4. The fourth-order valence-electron chi connectivity index (χ4n) is 2.91. The van der Waals surface area contributed by atoms with Gasteiger partial charge in [-0.3, -0.25) is 6.08 Å². The van der Waals surface area contributed by atoms with Crippen LogP contribution in [0.15, 0.2) is 72.8 Å². The van der Waals surface area contributed by atoms with Gasteiger partial charge in [0.15, 0.2) is 0 Å². The standard InChI is InChI=1S/C13H9.C7H14.C5H5.2ClH.Zr/c1-3-7-12-10(5-1)9-11-6-2-4-8-13(11)12;1-6(2)5-7(3)4;1-2-4-5-3-1;;;/h1-9H;6-7H,1-4H3;1-3H,4H2;2*1H;/q-1;;-1;;;+2/p-2. The smallest absolute Gasteiger partial charge is 0.0771 e. The summed E-state index contributed by atoms with van der Waals surface area (Å²) in [6, 6.07) is 19.3. The molecule has 0 bridgehead atoms. The molecule has 0 radical (unpaired) electrons. The van der Waals surface area contributed by atoms with Crippen molar-refractivity contribution in [1.29, 1.82) is 0 Å². The van der Waals surface area contributed by atoms with E-state index in [9.17, 15) is 0 Å². The van der Waals surface area contributed by atoms with Gasteiger partial charge in [0.25, 0.3) is 0 Å². The van der Waals surface area contributed by atoms with Crippen molar-refractivity contribution < 1.29 is 49.0 Å². The monoisotopic (exact) mass is 488 g/mol. The molecule has 0 nitrogen and oxygen atoms in total. The first-order valence-corrected chi connectivity index (χ1v) is 10.6. The Morgan fingerprint density at radius 2 is 1.32 bits per heavy atom. The SMILES string of the molecule is CC(C)[C](=[Zr+2])C(C)C.[C-]1=CC=CC1.[Cl-].[Cl-].c1ccc2c(c1)[cH-]c1ccccc12. The van der Waals surface area contributed by atoms with Crippen LogP contribution in [0, 0.1) is 17.9 Å². The third kappa shape index (κ3) is 8.24. The molecule has 1 aliphatic carbocycles. The minimum absolute atomic E-state index is 0. The van der Waals surface area contributed by atoms with Crippen molar-refractivity contribution in [3.05, 3.63) is 78.9 Å². The summed E-state index contributed by atoms with van der Waals surface area (Å²) in [6.07, 6.45) is 10.0. The number of benzene rings is 2. The van der Waals surface area contributed by atoms with Crippen LogP contribution in [0.25, 0.3) is 21.5 Å². The van der Waals surface area contributed by atoms with E-state index in [1.54, 1.807) is 27.4 Å². The summed E-state index contributed by atoms with van der Waals surface area (Å²) in [5, 5.41) is 5.39. The summed E-state index contributed by atoms with van der Waals surface area (Å²) in [4.78, 5) is 0. The summed E-state index contributed by atoms with van der Waals surface area (Å²) in [5.74, 6) is 1.60. The number of hydrogen-bond donors (Lipinski definition) is 0. The van der Waals surface area contributed by atoms with Gasteiger partial charge in [-0.2, -0.15) is 6.08 Å². The van der Waals surface area contributed by atoms with E-state index in [1.807, 2.05) is 12.2 Å². The van der Waals surface area contributed by atoms with Crippen LogP contribution in [0.3, 0.4) is 0 Å². The zero-order valence-electron chi connectivity index (χ0n) is 17.0. The largest absolute Gasteiger partial charge is 1.00 e. The molecule has 0 fully saturated rings. The fraction of sp³-hybridized carbons (Fsp3) is 0.280. The Morgan fingerprint density at radius 3 is 1.61 bits per heavy atom. The van der Waals surface area contributed by atoms with Crippen LogP contribution in [0.5, 0.6) is 0 Å². The minimum atomic E-state index is 0. The maximum absolute atomic E-state index is 2.99. The van der Waals surface area contributed by atoms with Crippen molar-refractivity contribution in [2.45, 2.75) is 34.1 Å². The van der Waals surface area contributed by atoms with Crippen LogP contribution < -0.4 is 24.8 Å². The van der Waals surface area contributed by atoms with Crippen molar-refractivity contribution in [3.8, 4) is 0 Å². The van der Waals surface area contributed by atoms with Gasteiger partial charge in [0.1, 0.15) is 0 Å². The molecule has 28 heavy (non-hydrogen) atoms. The van der Waals surface area contributed by atoms with Crippen LogP contribution in [0.2, 0.25) is 0 Å². The van der Waals surface area contributed by atoms with Gasteiger partial charge in [-0.05, 0) is 0 Å². The third-order valence-electron chi connectivity index (χ3n) is 4.35. The molecule has 1 aliphatic rings. The first-order valence-electron chi connectivity index (χ1n) is 9.34. The van der Waals surface area contributed by atoms with Gasteiger partial charge < -0.3 is 24.8 Å². The maximum atomic E-state index is 2.99. The predicted molar refractivity (Wildman–Crippen MR) is 113 cm³/mol. The van der Waals surface area contributed by atoms with Gasteiger partial charge in [-0.15, -0.1) is 46.2 Å². The molecule has 0 N–H and O–H groups in total. The molecule has 3 aromatic carbocycles. The van der Waals surface area contributed by atoms with Crippen molar-refractivity contribution in [3.63, 3.8) is 0 Å². The average molecular weight is 491 g/mol. The molecule has 0 aliphatic heterocycles. The molecule has 0 saturated carbocycles. The van der Waals surface area contributed by atoms with Crippen LogP contribution >= 0.6 is 0 Å². The van der Waals surface area contributed by atoms with E-state index in [0.29, 0.717) is 0 Å². The summed E-state index contributed by atoms with van der Waals surface area (Å²) >= 11 is 1.61. The number of rotatable bonds is 2. The number of allylic oxidation sites excluding steroid dienone is 4.